The normalized spacial score (nSPS) is 10.4. The standard InChI is InChI=1S/C15H14BrCl2NO3/c1-21-13-3-8(10(16)6-14(13)22-2)7-19-9-4-11(17)15(20)12(18)5-9/h3-6,19-20H,7H2,1-2H3. The molecule has 0 spiro atoms. The number of aromatic hydroxyl groups is 1. The molecule has 0 aliphatic heterocycles. The minimum atomic E-state index is -0.124. The van der Waals surface area contributed by atoms with Crippen molar-refractivity contribution in [2.75, 3.05) is 19.5 Å². The number of hydrogen-bond acceptors (Lipinski definition) is 4. The number of phenols is 1. The molecule has 0 aromatic heterocycles. The number of halogens is 3. The summed E-state index contributed by atoms with van der Waals surface area (Å²) in [6.07, 6.45) is 0. The van der Waals surface area contributed by atoms with E-state index in [2.05, 4.69) is 21.2 Å². The van der Waals surface area contributed by atoms with Crippen LogP contribution in [-0.2, 0) is 6.54 Å². The molecule has 0 bridgehead atoms. The molecule has 2 N–H and O–H groups in total. The number of ether oxygens (including phenoxy) is 2. The maximum absolute atomic E-state index is 9.56. The number of phenolic OH excluding ortho intramolecular Hbond substituents is 1. The largest absolute Gasteiger partial charge is 0.505 e. The summed E-state index contributed by atoms with van der Waals surface area (Å²) in [4.78, 5) is 0. The predicted molar refractivity (Wildman–Crippen MR) is 92.7 cm³/mol. The van der Waals surface area contributed by atoms with E-state index in [1.165, 1.54) is 0 Å². The van der Waals surface area contributed by atoms with Gasteiger partial charge in [-0.15, -0.1) is 0 Å². The van der Waals surface area contributed by atoms with E-state index in [0.717, 1.165) is 10.0 Å². The lowest BCUT2D eigenvalue weighted by atomic mass is 10.2. The Morgan fingerprint density at radius 3 is 2.14 bits per heavy atom. The van der Waals surface area contributed by atoms with Crippen molar-refractivity contribution in [2.24, 2.45) is 0 Å². The summed E-state index contributed by atoms with van der Waals surface area (Å²) in [5.41, 5.74) is 1.67. The molecule has 0 atom stereocenters. The third kappa shape index (κ3) is 3.72. The molecule has 7 heteroatoms. The molecular weight excluding hydrogens is 393 g/mol. The van der Waals surface area contributed by atoms with Crippen molar-refractivity contribution in [3.63, 3.8) is 0 Å². The minimum Gasteiger partial charge on any atom is -0.505 e. The van der Waals surface area contributed by atoms with E-state index < -0.39 is 0 Å². The van der Waals surface area contributed by atoms with Gasteiger partial charge in [0.05, 0.1) is 24.3 Å². The molecular formula is C15H14BrCl2NO3. The highest BCUT2D eigenvalue weighted by Gasteiger charge is 2.11. The Kier molecular flexibility index (Phi) is 5.67. The van der Waals surface area contributed by atoms with Crippen LogP contribution in [0.1, 0.15) is 5.56 Å². The maximum atomic E-state index is 9.56. The molecule has 118 valence electrons. The number of methoxy groups -OCH3 is 2. The van der Waals surface area contributed by atoms with Crippen LogP contribution in [-0.4, -0.2) is 19.3 Å². The fourth-order valence-corrected chi connectivity index (χ4v) is 2.85. The molecule has 0 aliphatic carbocycles. The highest BCUT2D eigenvalue weighted by atomic mass is 79.9. The lowest BCUT2D eigenvalue weighted by molar-refractivity contribution is 0.354. The Morgan fingerprint density at radius 2 is 1.59 bits per heavy atom. The van der Waals surface area contributed by atoms with Gasteiger partial charge < -0.3 is 19.9 Å². The average Bonchev–Trinajstić information content (AvgIpc) is 2.50. The summed E-state index contributed by atoms with van der Waals surface area (Å²) in [5, 5.41) is 13.1. The van der Waals surface area contributed by atoms with Crippen molar-refractivity contribution in [1.29, 1.82) is 0 Å². The van der Waals surface area contributed by atoms with Crippen molar-refractivity contribution in [1.82, 2.24) is 0 Å². The SMILES string of the molecule is COc1cc(Br)c(CNc2cc(Cl)c(O)c(Cl)c2)cc1OC. The monoisotopic (exact) mass is 405 g/mol. The third-order valence-corrected chi connectivity index (χ3v) is 4.37. The van der Waals surface area contributed by atoms with Crippen LogP contribution in [0.2, 0.25) is 10.0 Å². The second-order valence-electron chi connectivity index (χ2n) is 4.44. The van der Waals surface area contributed by atoms with Gasteiger partial charge in [0.1, 0.15) is 0 Å². The van der Waals surface area contributed by atoms with E-state index in [4.69, 9.17) is 32.7 Å². The molecule has 4 nitrogen and oxygen atoms in total. The van der Waals surface area contributed by atoms with Crippen LogP contribution in [0.25, 0.3) is 0 Å². The van der Waals surface area contributed by atoms with Crippen LogP contribution in [0.3, 0.4) is 0 Å². The van der Waals surface area contributed by atoms with Gasteiger partial charge in [0.15, 0.2) is 17.2 Å². The van der Waals surface area contributed by atoms with Crippen LogP contribution in [0.15, 0.2) is 28.7 Å². The van der Waals surface area contributed by atoms with E-state index in [-0.39, 0.29) is 15.8 Å². The first-order chi connectivity index (χ1) is 10.5. The smallest absolute Gasteiger partial charge is 0.161 e. The fourth-order valence-electron chi connectivity index (χ4n) is 1.90. The van der Waals surface area contributed by atoms with E-state index in [9.17, 15) is 5.11 Å². The van der Waals surface area contributed by atoms with E-state index in [1.807, 2.05) is 12.1 Å². The molecule has 2 aromatic rings. The fraction of sp³-hybridized carbons (Fsp3) is 0.200. The van der Waals surface area contributed by atoms with Crippen LogP contribution in [0.4, 0.5) is 5.69 Å². The first-order valence-corrected chi connectivity index (χ1v) is 7.83. The highest BCUT2D eigenvalue weighted by molar-refractivity contribution is 9.10. The zero-order chi connectivity index (χ0) is 16.3. The second-order valence-corrected chi connectivity index (χ2v) is 6.11. The van der Waals surface area contributed by atoms with Gasteiger partial charge in [-0.3, -0.25) is 0 Å². The number of benzene rings is 2. The molecule has 0 heterocycles. The highest BCUT2D eigenvalue weighted by Crippen LogP contribution is 2.36. The molecule has 2 rings (SSSR count). The van der Waals surface area contributed by atoms with Gasteiger partial charge >= 0.3 is 0 Å². The van der Waals surface area contributed by atoms with E-state index in [1.54, 1.807) is 26.4 Å². The lowest BCUT2D eigenvalue weighted by Crippen LogP contribution is -2.02. The molecule has 0 fully saturated rings. The summed E-state index contributed by atoms with van der Waals surface area (Å²) in [7, 11) is 3.17. The molecule has 0 aliphatic rings. The first kappa shape index (κ1) is 17.1. The summed E-state index contributed by atoms with van der Waals surface area (Å²) >= 11 is 15.3. The van der Waals surface area contributed by atoms with Crippen molar-refractivity contribution < 1.29 is 14.6 Å². The zero-order valence-electron chi connectivity index (χ0n) is 11.9. The quantitative estimate of drug-likeness (QED) is 0.679. The number of anilines is 1. The van der Waals surface area contributed by atoms with Crippen molar-refractivity contribution in [3.8, 4) is 17.2 Å². The van der Waals surface area contributed by atoms with Crippen LogP contribution >= 0.6 is 39.1 Å². The molecule has 2 aromatic carbocycles. The third-order valence-electron chi connectivity index (χ3n) is 3.05. The predicted octanol–water partition coefficient (Wildman–Crippen LogP) is 5.09. The van der Waals surface area contributed by atoms with Gasteiger partial charge in [0, 0.05) is 16.7 Å². The number of hydrogen-bond donors (Lipinski definition) is 2. The maximum Gasteiger partial charge on any atom is 0.161 e. The summed E-state index contributed by atoms with van der Waals surface area (Å²) < 4.78 is 11.4. The van der Waals surface area contributed by atoms with Gasteiger partial charge in [0.25, 0.3) is 0 Å². The van der Waals surface area contributed by atoms with Gasteiger partial charge in [-0.2, -0.15) is 0 Å². The molecule has 0 radical (unpaired) electrons. The Balaban J connectivity index is 2.21. The van der Waals surface area contributed by atoms with Gasteiger partial charge in [-0.05, 0) is 29.8 Å². The van der Waals surface area contributed by atoms with E-state index in [0.29, 0.717) is 23.7 Å². The zero-order valence-corrected chi connectivity index (χ0v) is 15.0. The molecule has 0 unspecified atom stereocenters. The summed E-state index contributed by atoms with van der Waals surface area (Å²) in [6, 6.07) is 6.93. The molecule has 0 saturated carbocycles. The Morgan fingerprint density at radius 1 is 1.05 bits per heavy atom. The van der Waals surface area contributed by atoms with Gasteiger partial charge in [0.2, 0.25) is 0 Å². The topological polar surface area (TPSA) is 50.7 Å². The Hall–Kier alpha value is -1.30. The number of rotatable bonds is 5. The summed E-state index contributed by atoms with van der Waals surface area (Å²) in [6.45, 7) is 0.512. The summed E-state index contributed by atoms with van der Waals surface area (Å²) in [5.74, 6) is 1.17. The van der Waals surface area contributed by atoms with Gasteiger partial charge in [-0.1, -0.05) is 39.1 Å². The second kappa shape index (κ2) is 7.31. The van der Waals surface area contributed by atoms with E-state index >= 15 is 0 Å². The Labute approximate surface area is 147 Å². The molecule has 22 heavy (non-hydrogen) atoms. The average molecular weight is 407 g/mol. The minimum absolute atomic E-state index is 0.124. The van der Waals surface area contributed by atoms with Crippen molar-refractivity contribution in [2.45, 2.75) is 6.54 Å². The van der Waals surface area contributed by atoms with Crippen LogP contribution in [0, 0.1) is 0 Å². The first-order valence-electron chi connectivity index (χ1n) is 6.28. The lowest BCUT2D eigenvalue weighted by Gasteiger charge is -2.13. The number of nitrogens with one attached hydrogen (secondary N) is 1. The van der Waals surface area contributed by atoms with Crippen LogP contribution in [0.5, 0.6) is 17.2 Å². The molecule has 0 amide bonds. The van der Waals surface area contributed by atoms with Crippen LogP contribution < -0.4 is 14.8 Å². The Bertz CT molecular complexity index is 672. The molecule has 0 saturated heterocycles. The van der Waals surface area contributed by atoms with Crippen molar-refractivity contribution >= 4 is 44.8 Å². The van der Waals surface area contributed by atoms with Gasteiger partial charge in [-0.25, -0.2) is 0 Å². The van der Waals surface area contributed by atoms with Crippen molar-refractivity contribution in [3.05, 3.63) is 44.3 Å².